The fourth-order valence-corrected chi connectivity index (χ4v) is 4.86. The lowest BCUT2D eigenvalue weighted by molar-refractivity contribution is -0.0509. The standard InChI is InChI=1S/C24H25ClF3N3O5S/c1-23(2,3)35-22(32)31-11-9-30(10-12-31)21-17-7-6-16(25)14-18(17)19(36-37(33,34)24(26,27)28)13-15-5-4-8-29-20(15)21/h4-8,13-14,21H,9-12H2,1-3H3. The van der Waals surface area contributed by atoms with Gasteiger partial charge in [0.25, 0.3) is 0 Å². The highest BCUT2D eigenvalue weighted by Gasteiger charge is 2.49. The number of hydrogen-bond donors (Lipinski definition) is 0. The maximum atomic E-state index is 13.2. The molecule has 1 amide bonds. The number of halogens is 4. The Hall–Kier alpha value is -2.83. The number of amides is 1. The van der Waals surface area contributed by atoms with Crippen LogP contribution in [0.2, 0.25) is 5.02 Å². The molecule has 2 aliphatic rings. The summed E-state index contributed by atoms with van der Waals surface area (Å²) in [7, 11) is -5.95. The lowest BCUT2D eigenvalue weighted by atomic mass is 9.95. The summed E-state index contributed by atoms with van der Waals surface area (Å²) < 4.78 is 73.5. The van der Waals surface area contributed by atoms with Crippen molar-refractivity contribution in [3.63, 3.8) is 0 Å². The molecular formula is C24H25ClF3N3O5S. The van der Waals surface area contributed by atoms with Crippen molar-refractivity contribution in [2.24, 2.45) is 0 Å². The van der Waals surface area contributed by atoms with Crippen LogP contribution in [0.1, 0.15) is 49.2 Å². The summed E-state index contributed by atoms with van der Waals surface area (Å²) in [4.78, 5) is 20.6. The molecule has 0 N–H and O–H groups in total. The molecule has 2 aromatic rings. The summed E-state index contributed by atoms with van der Waals surface area (Å²) in [6, 6.07) is 7.17. The monoisotopic (exact) mass is 559 g/mol. The van der Waals surface area contributed by atoms with E-state index in [1.807, 2.05) is 4.90 Å². The van der Waals surface area contributed by atoms with Crippen molar-refractivity contribution < 1.29 is 35.3 Å². The molecular weight excluding hydrogens is 535 g/mol. The molecule has 4 rings (SSSR count). The molecule has 0 bridgehead atoms. The van der Waals surface area contributed by atoms with Gasteiger partial charge in [0.05, 0.1) is 11.7 Å². The summed E-state index contributed by atoms with van der Waals surface area (Å²) in [6.07, 6.45) is 2.33. The highest BCUT2D eigenvalue weighted by atomic mass is 35.5. The highest BCUT2D eigenvalue weighted by Crippen LogP contribution is 2.42. The largest absolute Gasteiger partial charge is 0.534 e. The van der Waals surface area contributed by atoms with E-state index in [0.29, 0.717) is 43.0 Å². The predicted octanol–water partition coefficient (Wildman–Crippen LogP) is 5.05. The Kier molecular flexibility index (Phi) is 7.21. The van der Waals surface area contributed by atoms with Crippen LogP contribution in [0, 0.1) is 0 Å². The van der Waals surface area contributed by atoms with Gasteiger partial charge in [-0.1, -0.05) is 23.7 Å². The van der Waals surface area contributed by atoms with E-state index in [4.69, 9.17) is 16.3 Å². The first kappa shape index (κ1) is 27.2. The van der Waals surface area contributed by atoms with Crippen molar-refractivity contribution in [2.45, 2.75) is 37.9 Å². The van der Waals surface area contributed by atoms with Crippen molar-refractivity contribution in [1.29, 1.82) is 0 Å². The van der Waals surface area contributed by atoms with Gasteiger partial charge in [-0.05, 0) is 50.6 Å². The first-order chi connectivity index (χ1) is 17.2. The van der Waals surface area contributed by atoms with Gasteiger partial charge in [0.2, 0.25) is 0 Å². The SMILES string of the molecule is CC(C)(C)OC(=O)N1CCN(C2c3ccc(Cl)cc3C(OS(=O)(=O)C(F)(F)F)=Cc3cccnc32)CC1. The van der Waals surface area contributed by atoms with E-state index in [9.17, 15) is 26.4 Å². The molecule has 1 aliphatic heterocycles. The Bertz CT molecular complexity index is 1330. The number of carbonyl (C=O) groups excluding carboxylic acids is 1. The summed E-state index contributed by atoms with van der Waals surface area (Å²) >= 11 is 6.17. The number of fused-ring (bicyclic) bond motifs is 2. The number of ether oxygens (including phenoxy) is 1. The van der Waals surface area contributed by atoms with Crippen molar-refractivity contribution >= 4 is 39.6 Å². The molecule has 0 saturated carbocycles. The molecule has 1 atom stereocenters. The predicted molar refractivity (Wildman–Crippen MR) is 131 cm³/mol. The number of nitrogens with zero attached hydrogens (tertiary/aromatic N) is 3. The molecule has 0 spiro atoms. The molecule has 1 fully saturated rings. The zero-order chi connectivity index (χ0) is 27.2. The molecule has 37 heavy (non-hydrogen) atoms. The number of piperazine rings is 1. The number of aromatic nitrogens is 1. The quantitative estimate of drug-likeness (QED) is 0.384. The van der Waals surface area contributed by atoms with Gasteiger partial charge >= 0.3 is 21.7 Å². The van der Waals surface area contributed by atoms with Gasteiger partial charge in [-0.15, -0.1) is 0 Å². The molecule has 1 saturated heterocycles. The minimum atomic E-state index is -5.95. The van der Waals surface area contributed by atoms with Crippen molar-refractivity contribution in [1.82, 2.24) is 14.8 Å². The van der Waals surface area contributed by atoms with Gasteiger partial charge in [-0.2, -0.15) is 21.6 Å². The lowest BCUT2D eigenvalue weighted by Crippen LogP contribution is -2.51. The Labute approximate surface area is 217 Å². The zero-order valence-electron chi connectivity index (χ0n) is 20.3. The van der Waals surface area contributed by atoms with Crippen LogP contribution in [0.25, 0.3) is 11.8 Å². The lowest BCUT2D eigenvalue weighted by Gasteiger charge is -2.40. The molecule has 1 aliphatic carbocycles. The van der Waals surface area contributed by atoms with E-state index >= 15 is 0 Å². The van der Waals surface area contributed by atoms with E-state index in [1.165, 1.54) is 12.1 Å². The van der Waals surface area contributed by atoms with E-state index in [2.05, 4.69) is 9.17 Å². The summed E-state index contributed by atoms with van der Waals surface area (Å²) in [5, 5.41) is 0.185. The Morgan fingerprint density at radius 1 is 1.11 bits per heavy atom. The summed E-state index contributed by atoms with van der Waals surface area (Å²) in [5.41, 5.74) is -4.81. The highest BCUT2D eigenvalue weighted by molar-refractivity contribution is 7.87. The van der Waals surface area contributed by atoms with Crippen LogP contribution in [0.5, 0.6) is 0 Å². The molecule has 13 heteroatoms. The van der Waals surface area contributed by atoms with Crippen LogP contribution in [0.15, 0.2) is 36.5 Å². The average molecular weight is 560 g/mol. The number of pyridine rings is 1. The molecule has 1 aromatic heterocycles. The fourth-order valence-electron chi connectivity index (χ4n) is 4.22. The minimum absolute atomic E-state index is 0.0953. The van der Waals surface area contributed by atoms with Gasteiger partial charge in [-0.3, -0.25) is 9.88 Å². The maximum absolute atomic E-state index is 13.2. The van der Waals surface area contributed by atoms with Crippen LogP contribution in [0.3, 0.4) is 0 Å². The molecule has 0 radical (unpaired) electrons. The second kappa shape index (κ2) is 9.80. The zero-order valence-corrected chi connectivity index (χ0v) is 21.8. The Balaban J connectivity index is 1.73. The second-order valence-corrected chi connectivity index (χ2v) is 11.6. The van der Waals surface area contributed by atoms with Crippen LogP contribution in [-0.2, 0) is 19.0 Å². The molecule has 200 valence electrons. The minimum Gasteiger partial charge on any atom is -0.444 e. The van der Waals surface area contributed by atoms with Crippen LogP contribution < -0.4 is 0 Å². The van der Waals surface area contributed by atoms with Gasteiger partial charge < -0.3 is 13.8 Å². The van der Waals surface area contributed by atoms with Crippen LogP contribution in [-0.4, -0.2) is 66.6 Å². The summed E-state index contributed by atoms with van der Waals surface area (Å²) in [5.74, 6) is -0.515. The number of rotatable bonds is 3. The van der Waals surface area contributed by atoms with E-state index < -0.39 is 39.1 Å². The normalized spacial score (nSPS) is 18.8. The van der Waals surface area contributed by atoms with Gasteiger partial charge in [0, 0.05) is 48.5 Å². The number of alkyl halides is 3. The second-order valence-electron chi connectivity index (χ2n) is 9.61. The van der Waals surface area contributed by atoms with Gasteiger partial charge in [0.15, 0.2) is 5.76 Å². The number of benzene rings is 1. The third-order valence-electron chi connectivity index (χ3n) is 5.81. The number of carbonyl (C=O) groups is 1. The molecule has 1 unspecified atom stereocenters. The Morgan fingerprint density at radius 3 is 2.41 bits per heavy atom. The van der Waals surface area contributed by atoms with E-state index in [1.54, 1.807) is 56.1 Å². The van der Waals surface area contributed by atoms with Crippen molar-refractivity contribution in [3.8, 4) is 0 Å². The number of hydrogen-bond acceptors (Lipinski definition) is 7. The maximum Gasteiger partial charge on any atom is 0.534 e. The van der Waals surface area contributed by atoms with Gasteiger partial charge in [-0.25, -0.2) is 4.79 Å². The van der Waals surface area contributed by atoms with Crippen molar-refractivity contribution in [3.05, 3.63) is 63.9 Å². The smallest absolute Gasteiger partial charge is 0.444 e. The van der Waals surface area contributed by atoms with Crippen LogP contribution >= 0.6 is 11.6 Å². The average Bonchev–Trinajstić information content (AvgIpc) is 2.91. The van der Waals surface area contributed by atoms with E-state index in [0.717, 1.165) is 0 Å². The first-order valence-electron chi connectivity index (χ1n) is 11.4. The van der Waals surface area contributed by atoms with Crippen molar-refractivity contribution in [2.75, 3.05) is 26.2 Å². The van der Waals surface area contributed by atoms with E-state index in [-0.39, 0.29) is 10.6 Å². The fraction of sp³-hybridized carbons (Fsp3) is 0.417. The molecule has 1 aromatic carbocycles. The Morgan fingerprint density at radius 2 is 1.78 bits per heavy atom. The topological polar surface area (TPSA) is 89.0 Å². The van der Waals surface area contributed by atoms with Gasteiger partial charge in [0.1, 0.15) is 5.60 Å². The first-order valence-corrected chi connectivity index (χ1v) is 13.1. The molecule has 8 nitrogen and oxygen atoms in total. The molecule has 2 heterocycles. The third-order valence-corrected chi connectivity index (χ3v) is 7.01. The van der Waals surface area contributed by atoms with Crippen LogP contribution in [0.4, 0.5) is 18.0 Å². The summed E-state index contributed by atoms with van der Waals surface area (Å²) in [6.45, 7) is 6.83. The third kappa shape index (κ3) is 5.86.